The predicted octanol–water partition coefficient (Wildman–Crippen LogP) is 3.12. The lowest BCUT2D eigenvalue weighted by molar-refractivity contribution is -0.130. The van der Waals surface area contributed by atoms with Crippen molar-refractivity contribution in [3.63, 3.8) is 0 Å². The number of hydrogen-bond donors (Lipinski definition) is 2. The number of thiazole rings is 1. The van der Waals surface area contributed by atoms with E-state index in [4.69, 9.17) is 0 Å². The molecule has 1 aromatic carbocycles. The molecule has 2 rings (SSSR count). The number of guanidine groups is 1. The summed E-state index contributed by atoms with van der Waals surface area (Å²) in [6.07, 6.45) is 0.459. The Balaban J connectivity index is 1.90. The lowest BCUT2D eigenvalue weighted by Crippen LogP contribution is -2.40. The molecule has 0 radical (unpaired) electrons. The molecule has 0 aliphatic carbocycles. The first-order chi connectivity index (χ1) is 13.2. The lowest BCUT2D eigenvalue weighted by Gasteiger charge is -2.19. The second-order valence-corrected chi connectivity index (χ2v) is 6.81. The smallest absolute Gasteiger partial charge is 0.224 e. The van der Waals surface area contributed by atoms with Crippen LogP contribution in [0.15, 0.2) is 40.7 Å². The minimum absolute atomic E-state index is 0.162. The standard InChI is InChI=1S/C20H29N5OS/c1-4-21-20(22-13-12-18(26)25(5-2)6-3)23-14-17-15-27-19(24-17)16-10-8-7-9-11-16/h7-11,15H,4-6,12-14H2,1-3H3,(H2,21,22,23). The van der Waals surface area contributed by atoms with Gasteiger partial charge in [-0.2, -0.15) is 0 Å². The zero-order valence-corrected chi connectivity index (χ0v) is 17.2. The number of nitrogens with one attached hydrogen (secondary N) is 2. The zero-order valence-electron chi connectivity index (χ0n) is 16.4. The number of hydrogen-bond acceptors (Lipinski definition) is 4. The monoisotopic (exact) mass is 387 g/mol. The van der Waals surface area contributed by atoms with E-state index in [0.29, 0.717) is 25.5 Å². The van der Waals surface area contributed by atoms with Crippen LogP contribution < -0.4 is 10.6 Å². The van der Waals surface area contributed by atoms with Crippen molar-refractivity contribution >= 4 is 23.2 Å². The zero-order chi connectivity index (χ0) is 19.5. The molecule has 0 fully saturated rings. The van der Waals surface area contributed by atoms with Gasteiger partial charge in [-0.3, -0.25) is 4.79 Å². The van der Waals surface area contributed by atoms with Gasteiger partial charge in [0.2, 0.25) is 5.91 Å². The molecule has 2 aromatic rings. The summed E-state index contributed by atoms with van der Waals surface area (Å²) in [6, 6.07) is 10.2. The molecule has 27 heavy (non-hydrogen) atoms. The van der Waals surface area contributed by atoms with Gasteiger partial charge in [0, 0.05) is 43.5 Å². The van der Waals surface area contributed by atoms with Crippen LogP contribution in [0.2, 0.25) is 0 Å². The van der Waals surface area contributed by atoms with Gasteiger partial charge in [0.05, 0.1) is 12.2 Å². The van der Waals surface area contributed by atoms with Gasteiger partial charge in [0.25, 0.3) is 0 Å². The van der Waals surface area contributed by atoms with Gasteiger partial charge in [0.15, 0.2) is 5.96 Å². The van der Waals surface area contributed by atoms with Gasteiger partial charge in [-0.1, -0.05) is 30.3 Å². The van der Waals surface area contributed by atoms with Gasteiger partial charge in [0.1, 0.15) is 5.01 Å². The molecule has 0 aliphatic rings. The van der Waals surface area contributed by atoms with Crippen molar-refractivity contribution in [2.45, 2.75) is 33.7 Å². The number of aromatic nitrogens is 1. The average Bonchev–Trinajstić information content (AvgIpc) is 3.17. The van der Waals surface area contributed by atoms with Gasteiger partial charge in [-0.15, -0.1) is 11.3 Å². The predicted molar refractivity (Wildman–Crippen MR) is 113 cm³/mol. The van der Waals surface area contributed by atoms with Crippen LogP contribution in [0, 0.1) is 0 Å². The Bertz CT molecular complexity index is 725. The van der Waals surface area contributed by atoms with Crippen molar-refractivity contribution in [2.75, 3.05) is 26.2 Å². The number of nitrogens with zero attached hydrogens (tertiary/aromatic N) is 3. The molecule has 0 aliphatic heterocycles. The molecule has 0 saturated carbocycles. The van der Waals surface area contributed by atoms with Crippen molar-refractivity contribution in [2.24, 2.45) is 4.99 Å². The summed E-state index contributed by atoms with van der Waals surface area (Å²) in [7, 11) is 0. The number of carbonyl (C=O) groups is 1. The first kappa shape index (κ1) is 20.9. The first-order valence-corrected chi connectivity index (χ1v) is 10.4. The Morgan fingerprint density at radius 1 is 1.15 bits per heavy atom. The van der Waals surface area contributed by atoms with Crippen LogP contribution in [-0.4, -0.2) is 47.9 Å². The SMILES string of the molecule is CCNC(=NCc1csc(-c2ccccc2)n1)NCCC(=O)N(CC)CC. The Morgan fingerprint density at radius 3 is 2.56 bits per heavy atom. The molecule has 1 amide bonds. The largest absolute Gasteiger partial charge is 0.357 e. The van der Waals surface area contributed by atoms with E-state index >= 15 is 0 Å². The molecular formula is C20H29N5OS. The second-order valence-electron chi connectivity index (χ2n) is 5.95. The maximum atomic E-state index is 12.1. The second kappa shape index (κ2) is 11.3. The molecule has 1 aromatic heterocycles. The Morgan fingerprint density at radius 2 is 1.89 bits per heavy atom. The van der Waals surface area contributed by atoms with Crippen molar-refractivity contribution in [1.29, 1.82) is 0 Å². The van der Waals surface area contributed by atoms with Crippen LogP contribution in [0.3, 0.4) is 0 Å². The summed E-state index contributed by atoms with van der Waals surface area (Å²) < 4.78 is 0. The lowest BCUT2D eigenvalue weighted by atomic mass is 10.2. The molecule has 146 valence electrons. The van der Waals surface area contributed by atoms with E-state index in [1.807, 2.05) is 49.3 Å². The van der Waals surface area contributed by atoms with E-state index in [1.54, 1.807) is 11.3 Å². The third-order valence-corrected chi connectivity index (χ3v) is 5.00. The van der Waals surface area contributed by atoms with Crippen LogP contribution in [0.5, 0.6) is 0 Å². The summed E-state index contributed by atoms with van der Waals surface area (Å²) in [5.74, 6) is 0.870. The quantitative estimate of drug-likeness (QED) is 0.512. The fourth-order valence-corrected chi connectivity index (χ4v) is 3.43. The summed E-state index contributed by atoms with van der Waals surface area (Å²) >= 11 is 1.63. The van der Waals surface area contributed by atoms with Crippen molar-refractivity contribution in [1.82, 2.24) is 20.5 Å². The van der Waals surface area contributed by atoms with Crippen molar-refractivity contribution in [3.8, 4) is 10.6 Å². The highest BCUT2D eigenvalue weighted by Crippen LogP contribution is 2.23. The molecule has 0 bridgehead atoms. The minimum atomic E-state index is 0.162. The maximum Gasteiger partial charge on any atom is 0.224 e. The number of rotatable bonds is 9. The summed E-state index contributed by atoms with van der Waals surface area (Å²) in [6.45, 7) is 9.34. The van der Waals surface area contributed by atoms with E-state index in [9.17, 15) is 4.79 Å². The molecule has 1 heterocycles. The van der Waals surface area contributed by atoms with E-state index in [2.05, 4.69) is 32.7 Å². The van der Waals surface area contributed by atoms with Crippen LogP contribution in [-0.2, 0) is 11.3 Å². The highest BCUT2D eigenvalue weighted by Gasteiger charge is 2.09. The topological polar surface area (TPSA) is 69.6 Å². The van der Waals surface area contributed by atoms with E-state index < -0.39 is 0 Å². The van der Waals surface area contributed by atoms with Gasteiger partial charge < -0.3 is 15.5 Å². The number of benzene rings is 1. The molecular weight excluding hydrogens is 358 g/mol. The van der Waals surface area contributed by atoms with Crippen LogP contribution in [0.25, 0.3) is 10.6 Å². The highest BCUT2D eigenvalue weighted by atomic mass is 32.1. The fourth-order valence-electron chi connectivity index (χ4n) is 2.62. The summed E-state index contributed by atoms with van der Waals surface area (Å²) in [4.78, 5) is 23.2. The molecule has 0 saturated heterocycles. The van der Waals surface area contributed by atoms with Crippen LogP contribution in [0.4, 0.5) is 0 Å². The molecule has 2 N–H and O–H groups in total. The molecule has 0 unspecified atom stereocenters. The molecule has 7 heteroatoms. The third-order valence-electron chi connectivity index (χ3n) is 4.06. The minimum Gasteiger partial charge on any atom is -0.357 e. The van der Waals surface area contributed by atoms with Crippen LogP contribution in [0.1, 0.15) is 32.9 Å². The van der Waals surface area contributed by atoms with Crippen LogP contribution >= 0.6 is 11.3 Å². The van der Waals surface area contributed by atoms with Crippen molar-refractivity contribution < 1.29 is 4.79 Å². The maximum absolute atomic E-state index is 12.1. The van der Waals surface area contributed by atoms with E-state index in [0.717, 1.165) is 35.9 Å². The van der Waals surface area contributed by atoms with Gasteiger partial charge in [-0.25, -0.2) is 9.98 Å². The average molecular weight is 388 g/mol. The molecule has 0 spiro atoms. The van der Waals surface area contributed by atoms with E-state index in [-0.39, 0.29) is 5.91 Å². The Kier molecular flexibility index (Phi) is 8.77. The van der Waals surface area contributed by atoms with Crippen molar-refractivity contribution in [3.05, 3.63) is 41.4 Å². The van der Waals surface area contributed by atoms with Gasteiger partial charge >= 0.3 is 0 Å². The number of carbonyl (C=O) groups excluding carboxylic acids is 1. The fraction of sp³-hybridized carbons (Fsp3) is 0.450. The Hall–Kier alpha value is -2.41. The first-order valence-electron chi connectivity index (χ1n) is 9.47. The number of aliphatic imine (C=N–C) groups is 1. The molecule has 0 atom stereocenters. The molecule has 6 nitrogen and oxygen atoms in total. The highest BCUT2D eigenvalue weighted by molar-refractivity contribution is 7.13. The summed E-state index contributed by atoms with van der Waals surface area (Å²) in [5, 5.41) is 9.49. The normalized spacial score (nSPS) is 11.3. The number of amides is 1. The third kappa shape index (κ3) is 6.67. The Labute approximate surface area is 165 Å². The summed E-state index contributed by atoms with van der Waals surface area (Å²) in [5.41, 5.74) is 2.06. The van der Waals surface area contributed by atoms with Gasteiger partial charge in [-0.05, 0) is 20.8 Å². The van der Waals surface area contributed by atoms with E-state index in [1.165, 1.54) is 0 Å².